The first-order valence-electron chi connectivity index (χ1n) is 9.45. The van der Waals surface area contributed by atoms with Gasteiger partial charge in [0, 0.05) is 11.6 Å². The minimum Gasteiger partial charge on any atom is -0.496 e. The molecular weight excluding hydrogens is 384 g/mol. The first-order chi connectivity index (χ1) is 14.3. The van der Waals surface area contributed by atoms with Crippen molar-refractivity contribution in [3.05, 3.63) is 53.1 Å². The van der Waals surface area contributed by atoms with Crippen molar-refractivity contribution in [3.63, 3.8) is 0 Å². The largest absolute Gasteiger partial charge is 0.496 e. The number of hydrogen-bond donors (Lipinski definition) is 0. The van der Waals surface area contributed by atoms with Gasteiger partial charge in [0.25, 0.3) is 0 Å². The molecule has 0 amide bonds. The number of hydrogen-bond acceptors (Lipinski definition) is 6. The van der Waals surface area contributed by atoms with Gasteiger partial charge in [-0.05, 0) is 56.4 Å². The van der Waals surface area contributed by atoms with Crippen molar-refractivity contribution in [2.45, 2.75) is 19.4 Å². The summed E-state index contributed by atoms with van der Waals surface area (Å²) in [6.45, 7) is 3.94. The topological polar surface area (TPSA) is 63.2 Å². The fourth-order valence-corrected chi connectivity index (χ4v) is 3.28. The quantitative estimate of drug-likeness (QED) is 0.483. The normalized spacial score (nSPS) is 14.1. The van der Waals surface area contributed by atoms with Gasteiger partial charge in [-0.3, -0.25) is 4.79 Å². The summed E-state index contributed by atoms with van der Waals surface area (Å²) < 4.78 is 27.6. The van der Waals surface area contributed by atoms with Gasteiger partial charge in [-0.25, -0.2) is 0 Å². The van der Waals surface area contributed by atoms with Crippen LogP contribution in [0.1, 0.15) is 35.3 Å². The molecular formula is C24H26O6. The minimum atomic E-state index is -0.409. The molecule has 0 atom stereocenters. The average molecular weight is 410 g/mol. The van der Waals surface area contributed by atoms with Crippen LogP contribution in [0, 0.1) is 0 Å². The monoisotopic (exact) mass is 410 g/mol. The molecule has 0 radical (unpaired) electrons. The average Bonchev–Trinajstić information content (AvgIpc) is 2.74. The van der Waals surface area contributed by atoms with E-state index in [0.717, 1.165) is 5.56 Å². The maximum atomic E-state index is 13.0. The third-order valence-electron chi connectivity index (χ3n) is 4.80. The summed E-state index contributed by atoms with van der Waals surface area (Å²) >= 11 is 0. The zero-order chi connectivity index (χ0) is 21.9. The van der Waals surface area contributed by atoms with Gasteiger partial charge in [-0.1, -0.05) is 0 Å². The lowest BCUT2D eigenvalue weighted by molar-refractivity contribution is 0.104. The van der Waals surface area contributed by atoms with Gasteiger partial charge in [0.2, 0.25) is 0 Å². The second-order valence-corrected chi connectivity index (χ2v) is 7.24. The number of ether oxygens (including phenoxy) is 5. The van der Waals surface area contributed by atoms with E-state index >= 15 is 0 Å². The Morgan fingerprint density at radius 3 is 2.23 bits per heavy atom. The molecule has 0 saturated heterocycles. The van der Waals surface area contributed by atoms with Crippen molar-refractivity contribution in [2.24, 2.45) is 0 Å². The smallest absolute Gasteiger partial charge is 0.189 e. The number of rotatable bonds is 7. The standard InChI is InChI=1S/C24H26O6/c1-24(2)12-11-17-19(30-24)10-8-16(23(17)29-6)18(25)9-7-15-13-21(27-4)22(28-5)14-20(15)26-3/h7-14H,1-6H3. The Labute approximate surface area is 176 Å². The van der Waals surface area contributed by atoms with Crippen molar-refractivity contribution < 1.29 is 28.5 Å². The first-order valence-corrected chi connectivity index (χ1v) is 9.45. The van der Waals surface area contributed by atoms with Gasteiger partial charge in [-0.2, -0.15) is 0 Å². The Bertz CT molecular complexity index is 1020. The van der Waals surface area contributed by atoms with Crippen LogP contribution < -0.4 is 23.7 Å². The second kappa shape index (κ2) is 8.53. The minimum absolute atomic E-state index is 0.204. The molecule has 0 N–H and O–H groups in total. The zero-order valence-corrected chi connectivity index (χ0v) is 18.1. The molecule has 0 aliphatic carbocycles. The molecule has 0 saturated carbocycles. The van der Waals surface area contributed by atoms with Crippen LogP contribution in [0.15, 0.2) is 36.4 Å². The summed E-state index contributed by atoms with van der Waals surface area (Å²) in [6, 6.07) is 6.98. The van der Waals surface area contributed by atoms with E-state index in [9.17, 15) is 4.79 Å². The molecule has 3 rings (SSSR count). The zero-order valence-electron chi connectivity index (χ0n) is 18.1. The molecule has 1 aliphatic rings. The Morgan fingerprint density at radius 2 is 1.60 bits per heavy atom. The summed E-state index contributed by atoms with van der Waals surface area (Å²) in [5, 5.41) is 0. The molecule has 0 spiro atoms. The molecule has 1 aliphatic heterocycles. The van der Waals surface area contributed by atoms with E-state index in [2.05, 4.69) is 0 Å². The van der Waals surface area contributed by atoms with E-state index in [0.29, 0.717) is 39.9 Å². The van der Waals surface area contributed by atoms with Gasteiger partial charge in [-0.15, -0.1) is 0 Å². The number of ketones is 1. The maximum Gasteiger partial charge on any atom is 0.189 e. The molecule has 1 heterocycles. The number of fused-ring (bicyclic) bond motifs is 1. The van der Waals surface area contributed by atoms with E-state index < -0.39 is 5.60 Å². The third-order valence-corrected chi connectivity index (χ3v) is 4.80. The predicted octanol–water partition coefficient (Wildman–Crippen LogP) is 4.80. The Kier molecular flexibility index (Phi) is 6.06. The van der Waals surface area contributed by atoms with Crippen LogP contribution in [-0.2, 0) is 0 Å². The van der Waals surface area contributed by atoms with Crippen LogP contribution in [0.2, 0.25) is 0 Å². The third kappa shape index (κ3) is 4.13. The number of carbonyl (C=O) groups excluding carboxylic acids is 1. The summed E-state index contributed by atoms with van der Waals surface area (Å²) in [5.74, 6) is 2.61. The van der Waals surface area contributed by atoms with Gasteiger partial charge >= 0.3 is 0 Å². The molecule has 6 nitrogen and oxygen atoms in total. The number of methoxy groups -OCH3 is 4. The highest BCUT2D eigenvalue weighted by molar-refractivity contribution is 6.09. The van der Waals surface area contributed by atoms with Crippen LogP contribution in [0.25, 0.3) is 12.2 Å². The molecule has 2 aromatic rings. The highest BCUT2D eigenvalue weighted by Gasteiger charge is 2.26. The number of benzene rings is 2. The van der Waals surface area contributed by atoms with Gasteiger partial charge in [0.15, 0.2) is 17.3 Å². The van der Waals surface area contributed by atoms with E-state index in [1.165, 1.54) is 6.08 Å². The van der Waals surface area contributed by atoms with Gasteiger partial charge < -0.3 is 23.7 Å². The van der Waals surface area contributed by atoms with E-state index in [1.807, 2.05) is 26.0 Å². The summed E-state index contributed by atoms with van der Waals surface area (Å²) in [5.41, 5.74) is 1.47. The molecule has 0 fully saturated rings. The molecule has 6 heteroatoms. The number of carbonyl (C=O) groups is 1. The lowest BCUT2D eigenvalue weighted by Gasteiger charge is -2.29. The van der Waals surface area contributed by atoms with Crippen LogP contribution in [0.4, 0.5) is 0 Å². The SMILES string of the molecule is COc1cc(OC)c(OC)cc1C=CC(=O)c1ccc2c(c1OC)C=CC(C)(C)O2. The van der Waals surface area contributed by atoms with Gasteiger partial charge in [0.05, 0.1) is 39.6 Å². The second-order valence-electron chi connectivity index (χ2n) is 7.24. The fraction of sp³-hybridized carbons (Fsp3) is 0.292. The fourth-order valence-electron chi connectivity index (χ4n) is 3.28. The van der Waals surface area contributed by atoms with Crippen molar-refractivity contribution in [1.82, 2.24) is 0 Å². The maximum absolute atomic E-state index is 13.0. The highest BCUT2D eigenvalue weighted by atomic mass is 16.5. The Morgan fingerprint density at radius 1 is 0.933 bits per heavy atom. The molecule has 30 heavy (non-hydrogen) atoms. The lowest BCUT2D eigenvalue weighted by atomic mass is 9.97. The van der Waals surface area contributed by atoms with Crippen molar-refractivity contribution in [3.8, 4) is 28.7 Å². The van der Waals surface area contributed by atoms with Gasteiger partial charge in [0.1, 0.15) is 22.8 Å². The van der Waals surface area contributed by atoms with E-state index in [1.54, 1.807) is 58.8 Å². The van der Waals surface area contributed by atoms with Crippen molar-refractivity contribution in [1.29, 1.82) is 0 Å². The van der Waals surface area contributed by atoms with Crippen molar-refractivity contribution in [2.75, 3.05) is 28.4 Å². The van der Waals surface area contributed by atoms with Crippen LogP contribution in [0.5, 0.6) is 28.7 Å². The predicted molar refractivity (Wildman–Crippen MR) is 116 cm³/mol. The lowest BCUT2D eigenvalue weighted by Crippen LogP contribution is -2.27. The molecule has 158 valence electrons. The number of allylic oxidation sites excluding steroid dienone is 1. The summed E-state index contributed by atoms with van der Waals surface area (Å²) in [6.07, 6.45) is 7.02. The molecule has 0 unspecified atom stereocenters. The molecule has 2 aromatic carbocycles. The summed E-state index contributed by atoms with van der Waals surface area (Å²) in [7, 11) is 6.21. The van der Waals surface area contributed by atoms with E-state index in [-0.39, 0.29) is 5.78 Å². The van der Waals surface area contributed by atoms with Crippen LogP contribution in [-0.4, -0.2) is 39.8 Å². The van der Waals surface area contributed by atoms with Crippen LogP contribution in [0.3, 0.4) is 0 Å². The Balaban J connectivity index is 1.96. The van der Waals surface area contributed by atoms with Crippen LogP contribution >= 0.6 is 0 Å². The van der Waals surface area contributed by atoms with E-state index in [4.69, 9.17) is 23.7 Å². The molecule has 0 bridgehead atoms. The van der Waals surface area contributed by atoms with Crippen molar-refractivity contribution >= 4 is 17.9 Å². The highest BCUT2D eigenvalue weighted by Crippen LogP contribution is 2.39. The Hall–Kier alpha value is -3.41. The summed E-state index contributed by atoms with van der Waals surface area (Å²) in [4.78, 5) is 13.0. The molecule has 0 aromatic heterocycles. The first kappa shape index (κ1) is 21.3.